The molecule has 0 radical (unpaired) electrons. The average molecular weight is 220 g/mol. The maximum atomic E-state index is 11.0. The summed E-state index contributed by atoms with van der Waals surface area (Å²) in [5.74, 6) is -0.741. The van der Waals surface area contributed by atoms with Gasteiger partial charge in [0.25, 0.3) is 0 Å². The smallest absolute Gasteiger partial charge is 0.310 e. The van der Waals surface area contributed by atoms with Crippen LogP contribution in [-0.4, -0.2) is 11.1 Å². The molecule has 2 nitrogen and oxygen atoms in total. The molecule has 0 aliphatic rings. The number of aliphatic carboxylic acids is 1. The highest BCUT2D eigenvalue weighted by Crippen LogP contribution is 2.25. The van der Waals surface area contributed by atoms with Crippen molar-refractivity contribution < 1.29 is 9.90 Å². The molecule has 0 saturated carbocycles. The highest BCUT2D eigenvalue weighted by molar-refractivity contribution is 5.76. The van der Waals surface area contributed by atoms with Gasteiger partial charge in [-0.1, -0.05) is 39.0 Å². The molecule has 1 aromatic rings. The number of carbonyl (C=O) groups is 1. The van der Waals surface area contributed by atoms with Gasteiger partial charge in [0.1, 0.15) is 0 Å². The van der Waals surface area contributed by atoms with E-state index in [1.807, 2.05) is 6.07 Å². The highest BCUT2D eigenvalue weighted by atomic mass is 16.4. The molecule has 0 bridgehead atoms. The first kappa shape index (κ1) is 12.8. The Morgan fingerprint density at radius 2 is 1.94 bits per heavy atom. The second-order valence-corrected chi connectivity index (χ2v) is 4.53. The van der Waals surface area contributed by atoms with Crippen molar-refractivity contribution in [3.63, 3.8) is 0 Å². The first-order valence-corrected chi connectivity index (χ1v) is 5.82. The van der Waals surface area contributed by atoms with E-state index in [0.29, 0.717) is 5.92 Å². The topological polar surface area (TPSA) is 37.3 Å². The van der Waals surface area contributed by atoms with E-state index in [0.717, 1.165) is 17.5 Å². The van der Waals surface area contributed by atoms with Gasteiger partial charge in [-0.2, -0.15) is 0 Å². The lowest BCUT2D eigenvalue weighted by Crippen LogP contribution is -2.10. The Hall–Kier alpha value is -1.31. The SMILES string of the molecule is CCc1ccc(C(C)C)cc1C(C)C(=O)O. The lowest BCUT2D eigenvalue weighted by atomic mass is 9.90. The summed E-state index contributed by atoms with van der Waals surface area (Å²) >= 11 is 0. The van der Waals surface area contributed by atoms with E-state index < -0.39 is 11.9 Å². The van der Waals surface area contributed by atoms with E-state index >= 15 is 0 Å². The second kappa shape index (κ2) is 5.15. The minimum absolute atomic E-state index is 0.423. The van der Waals surface area contributed by atoms with Crippen molar-refractivity contribution in [2.45, 2.75) is 46.0 Å². The predicted molar refractivity (Wildman–Crippen MR) is 66.0 cm³/mol. The first-order chi connectivity index (χ1) is 7.47. The number of benzene rings is 1. The number of hydrogen-bond donors (Lipinski definition) is 1. The number of carboxylic acid groups (broad SMARTS) is 1. The molecule has 1 N–H and O–H groups in total. The van der Waals surface area contributed by atoms with E-state index in [2.05, 4.69) is 32.9 Å². The Bertz CT molecular complexity index is 380. The fourth-order valence-corrected chi connectivity index (χ4v) is 1.83. The van der Waals surface area contributed by atoms with Crippen LogP contribution < -0.4 is 0 Å². The summed E-state index contributed by atoms with van der Waals surface area (Å²) in [6.45, 7) is 8.05. The zero-order chi connectivity index (χ0) is 12.3. The molecule has 1 unspecified atom stereocenters. The van der Waals surface area contributed by atoms with Gasteiger partial charge < -0.3 is 5.11 Å². The molecule has 2 heteroatoms. The largest absolute Gasteiger partial charge is 0.481 e. The number of carboxylic acids is 1. The Kier molecular flexibility index (Phi) is 4.11. The third kappa shape index (κ3) is 2.63. The number of rotatable bonds is 4. The third-order valence-electron chi connectivity index (χ3n) is 3.05. The molecular formula is C14H20O2. The highest BCUT2D eigenvalue weighted by Gasteiger charge is 2.17. The van der Waals surface area contributed by atoms with Gasteiger partial charge >= 0.3 is 5.97 Å². The van der Waals surface area contributed by atoms with E-state index in [-0.39, 0.29) is 0 Å². The van der Waals surface area contributed by atoms with Gasteiger partial charge in [0.05, 0.1) is 5.92 Å². The van der Waals surface area contributed by atoms with Crippen LogP contribution in [0.4, 0.5) is 0 Å². The Balaban J connectivity index is 3.21. The van der Waals surface area contributed by atoms with Crippen molar-refractivity contribution >= 4 is 5.97 Å². The summed E-state index contributed by atoms with van der Waals surface area (Å²) in [5.41, 5.74) is 3.31. The van der Waals surface area contributed by atoms with Crippen LogP contribution in [0.2, 0.25) is 0 Å². The summed E-state index contributed by atoms with van der Waals surface area (Å²) in [5, 5.41) is 9.08. The molecule has 0 aliphatic heterocycles. The maximum absolute atomic E-state index is 11.0. The fourth-order valence-electron chi connectivity index (χ4n) is 1.83. The van der Waals surface area contributed by atoms with Crippen molar-refractivity contribution in [1.29, 1.82) is 0 Å². The normalized spacial score (nSPS) is 12.8. The van der Waals surface area contributed by atoms with Gasteiger partial charge in [0.2, 0.25) is 0 Å². The van der Waals surface area contributed by atoms with Crippen LogP contribution in [0.3, 0.4) is 0 Å². The molecule has 0 heterocycles. The van der Waals surface area contributed by atoms with Crippen molar-refractivity contribution in [2.75, 3.05) is 0 Å². The molecular weight excluding hydrogens is 200 g/mol. The van der Waals surface area contributed by atoms with Crippen LogP contribution >= 0.6 is 0 Å². The number of aryl methyl sites for hydroxylation is 1. The standard InChI is InChI=1S/C14H20O2/c1-5-11-6-7-12(9(2)3)8-13(11)10(4)14(15)16/h6-10H,5H2,1-4H3,(H,15,16). The van der Waals surface area contributed by atoms with Gasteiger partial charge in [-0.25, -0.2) is 0 Å². The summed E-state index contributed by atoms with van der Waals surface area (Å²) in [4.78, 5) is 11.0. The minimum atomic E-state index is -0.754. The van der Waals surface area contributed by atoms with Crippen LogP contribution in [-0.2, 0) is 11.2 Å². The molecule has 0 fully saturated rings. The van der Waals surface area contributed by atoms with Crippen molar-refractivity contribution in [3.05, 3.63) is 34.9 Å². The quantitative estimate of drug-likeness (QED) is 0.842. The van der Waals surface area contributed by atoms with E-state index in [4.69, 9.17) is 5.11 Å². The summed E-state index contributed by atoms with van der Waals surface area (Å²) < 4.78 is 0. The van der Waals surface area contributed by atoms with Gasteiger partial charge in [-0.05, 0) is 36.0 Å². The monoisotopic (exact) mass is 220 g/mol. The van der Waals surface area contributed by atoms with Crippen LogP contribution in [0.1, 0.15) is 56.2 Å². The molecule has 1 rings (SSSR count). The van der Waals surface area contributed by atoms with Crippen molar-refractivity contribution in [2.24, 2.45) is 0 Å². The third-order valence-corrected chi connectivity index (χ3v) is 3.05. The van der Waals surface area contributed by atoms with Gasteiger partial charge in [0.15, 0.2) is 0 Å². The molecule has 0 aromatic heterocycles. The molecule has 0 saturated heterocycles. The lowest BCUT2D eigenvalue weighted by Gasteiger charge is -2.15. The van der Waals surface area contributed by atoms with E-state index in [1.165, 1.54) is 5.56 Å². The molecule has 0 spiro atoms. The summed E-state index contributed by atoms with van der Waals surface area (Å²) in [6.07, 6.45) is 0.880. The molecule has 1 aromatic carbocycles. The Morgan fingerprint density at radius 3 is 2.38 bits per heavy atom. The van der Waals surface area contributed by atoms with Crippen molar-refractivity contribution in [1.82, 2.24) is 0 Å². The first-order valence-electron chi connectivity index (χ1n) is 5.82. The molecule has 88 valence electrons. The fraction of sp³-hybridized carbons (Fsp3) is 0.500. The Morgan fingerprint density at radius 1 is 1.31 bits per heavy atom. The van der Waals surface area contributed by atoms with Crippen LogP contribution in [0.15, 0.2) is 18.2 Å². The van der Waals surface area contributed by atoms with Crippen LogP contribution in [0.5, 0.6) is 0 Å². The van der Waals surface area contributed by atoms with Crippen LogP contribution in [0.25, 0.3) is 0 Å². The van der Waals surface area contributed by atoms with Crippen LogP contribution in [0, 0.1) is 0 Å². The maximum Gasteiger partial charge on any atom is 0.310 e. The predicted octanol–water partition coefficient (Wildman–Crippen LogP) is 3.56. The molecule has 0 amide bonds. The Labute approximate surface area is 97.3 Å². The second-order valence-electron chi connectivity index (χ2n) is 4.53. The van der Waals surface area contributed by atoms with Gasteiger partial charge in [0, 0.05) is 0 Å². The van der Waals surface area contributed by atoms with Crippen molar-refractivity contribution in [3.8, 4) is 0 Å². The number of hydrogen-bond acceptors (Lipinski definition) is 1. The molecule has 0 aliphatic carbocycles. The summed E-state index contributed by atoms with van der Waals surface area (Å²) in [6, 6.07) is 6.20. The minimum Gasteiger partial charge on any atom is -0.481 e. The zero-order valence-electron chi connectivity index (χ0n) is 10.4. The lowest BCUT2D eigenvalue weighted by molar-refractivity contribution is -0.138. The average Bonchev–Trinajstić information content (AvgIpc) is 2.26. The van der Waals surface area contributed by atoms with E-state index in [1.54, 1.807) is 6.92 Å². The summed E-state index contributed by atoms with van der Waals surface area (Å²) in [7, 11) is 0. The zero-order valence-corrected chi connectivity index (χ0v) is 10.4. The van der Waals surface area contributed by atoms with E-state index in [9.17, 15) is 4.79 Å². The molecule has 16 heavy (non-hydrogen) atoms. The van der Waals surface area contributed by atoms with Gasteiger partial charge in [-0.3, -0.25) is 4.79 Å². The molecule has 1 atom stereocenters. The van der Waals surface area contributed by atoms with Gasteiger partial charge in [-0.15, -0.1) is 0 Å².